The molecule has 102 valence electrons. The zero-order chi connectivity index (χ0) is 14.4. The fraction of sp³-hybridized carbons (Fsp3) is 0.0667. The summed E-state index contributed by atoms with van der Waals surface area (Å²) < 4.78 is 0. The first-order valence-electron chi connectivity index (χ1n) is 6.01. The zero-order valence-corrected chi connectivity index (χ0v) is 11.4. The molecule has 2 aromatic rings. The molecule has 2 N–H and O–H groups in total. The van der Waals surface area contributed by atoms with Crippen LogP contribution in [0.15, 0.2) is 54.6 Å². The summed E-state index contributed by atoms with van der Waals surface area (Å²) in [5, 5.41) is 4.66. The molecule has 0 aliphatic heterocycles. The van der Waals surface area contributed by atoms with Gasteiger partial charge in [-0.15, -0.1) is 11.6 Å². The molecular weight excluding hydrogens is 276 g/mol. The van der Waals surface area contributed by atoms with Gasteiger partial charge < -0.3 is 5.32 Å². The Balaban J connectivity index is 2.02. The molecule has 2 rings (SSSR count). The normalized spacial score (nSPS) is 9.85. The molecule has 0 spiro atoms. The van der Waals surface area contributed by atoms with Gasteiger partial charge >= 0.3 is 6.03 Å². The van der Waals surface area contributed by atoms with E-state index in [9.17, 15) is 9.59 Å². The van der Waals surface area contributed by atoms with Gasteiger partial charge in [-0.25, -0.2) is 4.79 Å². The van der Waals surface area contributed by atoms with Crippen molar-refractivity contribution in [3.05, 3.63) is 54.6 Å². The summed E-state index contributed by atoms with van der Waals surface area (Å²) in [5.41, 5.74) is 2.75. The standard InChI is InChI=1S/C15H13ClN2O2/c16-10-14(19)18-15(20)17-13-8-6-12(7-9-13)11-4-2-1-3-5-11/h1-9H,10H2,(H2,17,18,19,20). The van der Waals surface area contributed by atoms with Crippen molar-refractivity contribution in [2.75, 3.05) is 11.2 Å². The number of halogens is 1. The van der Waals surface area contributed by atoms with Crippen molar-refractivity contribution in [3.8, 4) is 11.1 Å². The largest absolute Gasteiger partial charge is 0.325 e. The minimum Gasteiger partial charge on any atom is -0.308 e. The van der Waals surface area contributed by atoms with E-state index < -0.39 is 11.9 Å². The number of alkyl halides is 1. The molecule has 0 aliphatic carbocycles. The summed E-state index contributed by atoms with van der Waals surface area (Å²) in [4.78, 5) is 22.4. The van der Waals surface area contributed by atoms with Gasteiger partial charge in [0, 0.05) is 5.69 Å². The van der Waals surface area contributed by atoms with Gasteiger partial charge in [0.2, 0.25) is 5.91 Å². The van der Waals surface area contributed by atoms with Gasteiger partial charge in [-0.1, -0.05) is 42.5 Å². The number of carbonyl (C=O) groups excluding carboxylic acids is 2. The number of urea groups is 1. The van der Waals surface area contributed by atoms with Gasteiger partial charge in [-0.2, -0.15) is 0 Å². The van der Waals surface area contributed by atoms with Gasteiger partial charge in [-0.05, 0) is 23.3 Å². The lowest BCUT2D eigenvalue weighted by atomic mass is 10.1. The molecular formula is C15H13ClN2O2. The summed E-state index contributed by atoms with van der Waals surface area (Å²) in [6.07, 6.45) is 0. The van der Waals surface area contributed by atoms with Crippen LogP contribution >= 0.6 is 11.6 Å². The summed E-state index contributed by atoms with van der Waals surface area (Å²) in [6, 6.07) is 16.6. The van der Waals surface area contributed by atoms with E-state index >= 15 is 0 Å². The van der Waals surface area contributed by atoms with Crippen molar-refractivity contribution < 1.29 is 9.59 Å². The molecule has 0 aromatic heterocycles. The number of nitrogens with one attached hydrogen (secondary N) is 2. The van der Waals surface area contributed by atoms with Crippen molar-refractivity contribution in [1.82, 2.24) is 5.32 Å². The molecule has 3 amide bonds. The van der Waals surface area contributed by atoms with Gasteiger partial charge in [0.05, 0.1) is 0 Å². The Labute approximate surface area is 121 Å². The molecule has 0 heterocycles. The van der Waals surface area contributed by atoms with Crippen molar-refractivity contribution in [1.29, 1.82) is 0 Å². The van der Waals surface area contributed by atoms with E-state index in [0.29, 0.717) is 5.69 Å². The van der Waals surface area contributed by atoms with E-state index in [2.05, 4.69) is 10.6 Å². The Hall–Kier alpha value is -2.33. The highest BCUT2D eigenvalue weighted by molar-refractivity contribution is 6.28. The molecule has 5 heteroatoms. The second-order valence-electron chi connectivity index (χ2n) is 4.08. The van der Waals surface area contributed by atoms with Gasteiger partial charge in [0.1, 0.15) is 5.88 Å². The Bertz CT molecular complexity index is 597. The van der Waals surface area contributed by atoms with Crippen LogP contribution in [0.3, 0.4) is 0 Å². The van der Waals surface area contributed by atoms with Crippen LogP contribution in [0, 0.1) is 0 Å². The number of hydrogen-bond donors (Lipinski definition) is 2. The van der Waals surface area contributed by atoms with Crippen molar-refractivity contribution in [3.63, 3.8) is 0 Å². The smallest absolute Gasteiger partial charge is 0.308 e. The Morgan fingerprint density at radius 1 is 0.900 bits per heavy atom. The number of imide groups is 1. The predicted octanol–water partition coefficient (Wildman–Crippen LogP) is 3.24. The third-order valence-electron chi connectivity index (χ3n) is 2.62. The van der Waals surface area contributed by atoms with E-state index in [1.165, 1.54) is 0 Å². The molecule has 0 saturated heterocycles. The second kappa shape index (κ2) is 6.73. The number of rotatable bonds is 3. The summed E-state index contributed by atoms with van der Waals surface area (Å²) in [7, 11) is 0. The fourth-order valence-corrected chi connectivity index (χ4v) is 1.77. The molecule has 0 unspecified atom stereocenters. The monoisotopic (exact) mass is 288 g/mol. The van der Waals surface area contributed by atoms with Gasteiger partial charge in [-0.3, -0.25) is 10.1 Å². The van der Waals surface area contributed by atoms with Crippen LogP contribution in [0.2, 0.25) is 0 Å². The highest BCUT2D eigenvalue weighted by Crippen LogP contribution is 2.20. The lowest BCUT2D eigenvalue weighted by Gasteiger charge is -2.07. The zero-order valence-electron chi connectivity index (χ0n) is 10.6. The van der Waals surface area contributed by atoms with Crippen LogP contribution in [-0.2, 0) is 4.79 Å². The SMILES string of the molecule is O=C(CCl)NC(=O)Nc1ccc(-c2ccccc2)cc1. The van der Waals surface area contributed by atoms with Gasteiger partial charge in [0.15, 0.2) is 0 Å². The average molecular weight is 289 g/mol. The number of benzene rings is 2. The van der Waals surface area contributed by atoms with E-state index in [0.717, 1.165) is 11.1 Å². The first-order valence-corrected chi connectivity index (χ1v) is 6.55. The Morgan fingerprint density at radius 3 is 2.10 bits per heavy atom. The molecule has 20 heavy (non-hydrogen) atoms. The maximum Gasteiger partial charge on any atom is 0.325 e. The number of amides is 3. The van der Waals surface area contributed by atoms with Crippen LogP contribution in [0.1, 0.15) is 0 Å². The van der Waals surface area contributed by atoms with Crippen LogP contribution in [0.4, 0.5) is 10.5 Å². The molecule has 0 atom stereocenters. The predicted molar refractivity (Wildman–Crippen MR) is 79.8 cm³/mol. The van der Waals surface area contributed by atoms with Crippen molar-refractivity contribution in [2.24, 2.45) is 0 Å². The van der Waals surface area contributed by atoms with Gasteiger partial charge in [0.25, 0.3) is 0 Å². The van der Waals surface area contributed by atoms with E-state index in [1.54, 1.807) is 12.1 Å². The van der Waals surface area contributed by atoms with E-state index in [1.807, 2.05) is 42.5 Å². The average Bonchev–Trinajstić information content (AvgIpc) is 2.48. The van der Waals surface area contributed by atoms with E-state index in [4.69, 9.17) is 11.6 Å². The molecule has 2 aromatic carbocycles. The Morgan fingerprint density at radius 2 is 1.50 bits per heavy atom. The molecule has 0 radical (unpaired) electrons. The lowest BCUT2D eigenvalue weighted by molar-refractivity contribution is -0.117. The topological polar surface area (TPSA) is 58.2 Å². The summed E-state index contributed by atoms with van der Waals surface area (Å²) >= 11 is 5.30. The van der Waals surface area contributed by atoms with E-state index in [-0.39, 0.29) is 5.88 Å². The Kier molecular flexibility index (Phi) is 4.74. The summed E-state index contributed by atoms with van der Waals surface area (Å²) in [6.45, 7) is 0. The highest BCUT2D eigenvalue weighted by Gasteiger charge is 2.06. The van der Waals surface area contributed by atoms with Crippen molar-refractivity contribution >= 4 is 29.2 Å². The minimum absolute atomic E-state index is 0.250. The first-order chi connectivity index (χ1) is 9.69. The molecule has 0 saturated carbocycles. The maximum atomic E-state index is 11.4. The van der Waals surface area contributed by atoms with Crippen LogP contribution in [0.5, 0.6) is 0 Å². The molecule has 0 bridgehead atoms. The van der Waals surface area contributed by atoms with Crippen LogP contribution in [-0.4, -0.2) is 17.8 Å². The minimum atomic E-state index is -0.594. The van der Waals surface area contributed by atoms with Crippen molar-refractivity contribution in [2.45, 2.75) is 0 Å². The third kappa shape index (κ3) is 3.83. The summed E-state index contributed by atoms with van der Waals surface area (Å²) in [5.74, 6) is -0.787. The third-order valence-corrected chi connectivity index (χ3v) is 2.87. The highest BCUT2D eigenvalue weighted by atomic mass is 35.5. The number of carbonyl (C=O) groups is 2. The second-order valence-corrected chi connectivity index (χ2v) is 4.35. The fourth-order valence-electron chi connectivity index (χ4n) is 1.70. The molecule has 0 fully saturated rings. The number of anilines is 1. The maximum absolute atomic E-state index is 11.4. The molecule has 0 aliphatic rings. The first kappa shape index (κ1) is 14.1. The van der Waals surface area contributed by atoms with Crippen LogP contribution in [0.25, 0.3) is 11.1 Å². The number of hydrogen-bond acceptors (Lipinski definition) is 2. The quantitative estimate of drug-likeness (QED) is 0.852. The van der Waals surface area contributed by atoms with Crippen LogP contribution < -0.4 is 10.6 Å². The lowest BCUT2D eigenvalue weighted by Crippen LogP contribution is -2.35. The molecule has 4 nitrogen and oxygen atoms in total.